The zero-order valence-corrected chi connectivity index (χ0v) is 13.0. The molecular formula is C12H20O5S2. The number of rotatable bonds is 7. The fraction of sp³-hybridized carbons (Fsp3) is 0.500. The van der Waals surface area contributed by atoms with Crippen molar-refractivity contribution < 1.29 is 21.3 Å². The Hall–Kier alpha value is -0.760. The van der Waals surface area contributed by atoms with Gasteiger partial charge in [-0.05, 0) is 31.2 Å². The molecule has 5 nitrogen and oxygen atoms in total. The molecule has 0 aliphatic carbocycles. The van der Waals surface area contributed by atoms with E-state index in [4.69, 9.17) is 3.63 Å². The van der Waals surface area contributed by atoms with E-state index in [9.17, 15) is 13.5 Å². The van der Waals surface area contributed by atoms with Crippen LogP contribution >= 0.6 is 10.3 Å². The molecular weight excluding hydrogens is 288 g/mol. The summed E-state index contributed by atoms with van der Waals surface area (Å²) in [6, 6.07) is 6.44. The molecule has 110 valence electrons. The van der Waals surface area contributed by atoms with Crippen LogP contribution in [0.25, 0.3) is 0 Å². The quantitative estimate of drug-likeness (QED) is 0.838. The molecule has 0 atom stereocenters. The van der Waals surface area contributed by atoms with Gasteiger partial charge in [0.05, 0.1) is 6.61 Å². The van der Waals surface area contributed by atoms with Crippen LogP contribution in [0.2, 0.25) is 0 Å². The molecule has 0 aromatic heterocycles. The third-order valence-corrected chi connectivity index (χ3v) is 7.90. The summed E-state index contributed by atoms with van der Waals surface area (Å²) < 4.78 is 33.5. The van der Waals surface area contributed by atoms with Gasteiger partial charge in [0.25, 0.3) is 0 Å². The fourth-order valence-corrected chi connectivity index (χ4v) is 6.20. The molecule has 0 unspecified atom stereocenters. The molecule has 1 aromatic carbocycles. The van der Waals surface area contributed by atoms with Gasteiger partial charge in [-0.2, -0.15) is 12.0 Å². The van der Waals surface area contributed by atoms with Crippen LogP contribution in [-0.2, 0) is 18.2 Å². The molecule has 1 rings (SSSR count). The van der Waals surface area contributed by atoms with E-state index in [1.165, 1.54) is 12.1 Å². The number of benzene rings is 1. The summed E-state index contributed by atoms with van der Waals surface area (Å²) in [5.74, 6) is 1.25. The van der Waals surface area contributed by atoms with Crippen molar-refractivity contribution in [3.63, 3.8) is 0 Å². The first-order valence-electron chi connectivity index (χ1n) is 6.07. The van der Waals surface area contributed by atoms with Gasteiger partial charge in [-0.3, -0.25) is 0 Å². The Labute approximate surface area is 116 Å². The monoisotopic (exact) mass is 308 g/mol. The second kappa shape index (κ2) is 6.60. The van der Waals surface area contributed by atoms with Gasteiger partial charge in [0, 0.05) is 16.4 Å². The molecule has 0 radical (unpaired) electrons. The molecule has 0 saturated heterocycles. The number of phenols is 1. The van der Waals surface area contributed by atoms with Gasteiger partial charge < -0.3 is 5.11 Å². The van der Waals surface area contributed by atoms with Crippen LogP contribution in [0.15, 0.2) is 29.2 Å². The zero-order valence-electron chi connectivity index (χ0n) is 11.3. The molecule has 7 heteroatoms. The molecule has 19 heavy (non-hydrogen) atoms. The van der Waals surface area contributed by atoms with Crippen LogP contribution in [0.5, 0.6) is 5.75 Å². The summed E-state index contributed by atoms with van der Waals surface area (Å²) in [7, 11) is -5.97. The Balaban J connectivity index is 3.13. The van der Waals surface area contributed by atoms with E-state index in [1.54, 1.807) is 19.1 Å². The maximum atomic E-state index is 11.7. The average Bonchev–Trinajstić information content (AvgIpc) is 2.37. The van der Waals surface area contributed by atoms with Crippen LogP contribution in [0.4, 0.5) is 0 Å². The molecule has 0 spiro atoms. The molecule has 1 aromatic rings. The van der Waals surface area contributed by atoms with Crippen molar-refractivity contribution in [2.75, 3.05) is 18.1 Å². The Morgan fingerprint density at radius 3 is 2.00 bits per heavy atom. The highest BCUT2D eigenvalue weighted by molar-refractivity contribution is 8.32. The molecule has 0 heterocycles. The van der Waals surface area contributed by atoms with E-state index in [1.807, 2.05) is 13.8 Å². The van der Waals surface area contributed by atoms with Gasteiger partial charge >= 0.3 is 10.4 Å². The van der Waals surface area contributed by atoms with E-state index in [-0.39, 0.29) is 12.4 Å². The Morgan fingerprint density at radius 2 is 1.58 bits per heavy atom. The predicted octanol–water partition coefficient (Wildman–Crippen LogP) is 2.81. The lowest BCUT2D eigenvalue weighted by molar-refractivity contribution is 0.294. The average molecular weight is 308 g/mol. The molecule has 0 saturated carbocycles. The lowest BCUT2D eigenvalue weighted by atomic mass is 10.3. The van der Waals surface area contributed by atoms with Crippen molar-refractivity contribution in [2.45, 2.75) is 25.7 Å². The number of hydrogen-bond donors (Lipinski definition) is 1. The largest absolute Gasteiger partial charge is 0.508 e. The summed E-state index contributed by atoms with van der Waals surface area (Å²) in [6.07, 6.45) is 0. The summed E-state index contributed by atoms with van der Waals surface area (Å²) in [5, 5.41) is 9.31. The van der Waals surface area contributed by atoms with Crippen molar-refractivity contribution in [1.29, 1.82) is 0 Å². The summed E-state index contributed by atoms with van der Waals surface area (Å²) >= 11 is 0. The highest BCUT2D eigenvalue weighted by atomic mass is 32.3. The SMILES string of the molecule is CCOS(=O)(=O)OS(CC)(CC)c1ccc(O)cc1. The van der Waals surface area contributed by atoms with Crippen LogP contribution in [0.3, 0.4) is 0 Å². The third-order valence-electron chi connectivity index (χ3n) is 2.67. The van der Waals surface area contributed by atoms with Crippen molar-refractivity contribution in [1.82, 2.24) is 0 Å². The minimum Gasteiger partial charge on any atom is -0.508 e. The van der Waals surface area contributed by atoms with Gasteiger partial charge in [0.15, 0.2) is 0 Å². The molecule has 0 aliphatic rings. The van der Waals surface area contributed by atoms with Crippen molar-refractivity contribution in [3.8, 4) is 5.75 Å². The summed E-state index contributed by atoms with van der Waals surface area (Å²) in [4.78, 5) is 0.776. The van der Waals surface area contributed by atoms with E-state index >= 15 is 0 Å². The lowest BCUT2D eigenvalue weighted by Crippen LogP contribution is -2.18. The number of hydrogen-bond acceptors (Lipinski definition) is 5. The smallest absolute Gasteiger partial charge is 0.409 e. The summed E-state index contributed by atoms with van der Waals surface area (Å²) in [6.45, 7) is 5.40. The van der Waals surface area contributed by atoms with E-state index in [2.05, 4.69) is 4.18 Å². The topological polar surface area (TPSA) is 72.8 Å². The van der Waals surface area contributed by atoms with Crippen LogP contribution < -0.4 is 0 Å². The normalized spacial score (nSPS) is 13.4. The minimum absolute atomic E-state index is 0.0425. The van der Waals surface area contributed by atoms with E-state index in [0.717, 1.165) is 4.90 Å². The Kier molecular flexibility index (Phi) is 5.66. The molecule has 0 fully saturated rings. The van der Waals surface area contributed by atoms with Gasteiger partial charge in [0.1, 0.15) is 5.75 Å². The fourth-order valence-electron chi connectivity index (χ4n) is 1.69. The molecule has 0 amide bonds. The first kappa shape index (κ1) is 16.3. The third kappa shape index (κ3) is 4.10. The summed E-state index contributed by atoms with van der Waals surface area (Å²) in [5.41, 5.74) is 0. The first-order chi connectivity index (χ1) is 8.89. The van der Waals surface area contributed by atoms with Crippen LogP contribution in [0, 0.1) is 0 Å². The predicted molar refractivity (Wildman–Crippen MR) is 76.7 cm³/mol. The highest BCUT2D eigenvalue weighted by Gasteiger charge is 2.30. The van der Waals surface area contributed by atoms with Gasteiger partial charge in [-0.1, -0.05) is 24.2 Å². The van der Waals surface area contributed by atoms with Gasteiger partial charge in [0.2, 0.25) is 0 Å². The van der Waals surface area contributed by atoms with Crippen molar-refractivity contribution in [2.24, 2.45) is 0 Å². The van der Waals surface area contributed by atoms with E-state index in [0.29, 0.717) is 11.5 Å². The molecule has 1 N–H and O–H groups in total. The Bertz CT molecular complexity index is 491. The number of aromatic hydroxyl groups is 1. The van der Waals surface area contributed by atoms with Crippen molar-refractivity contribution >= 4 is 20.7 Å². The van der Waals surface area contributed by atoms with Crippen LogP contribution in [-0.4, -0.2) is 31.6 Å². The second-order valence-corrected chi connectivity index (χ2v) is 8.61. The minimum atomic E-state index is -4.00. The number of phenolic OH excluding ortho intramolecular Hbond substituents is 1. The second-order valence-electron chi connectivity index (χ2n) is 3.77. The van der Waals surface area contributed by atoms with Crippen molar-refractivity contribution in [3.05, 3.63) is 24.3 Å². The van der Waals surface area contributed by atoms with Crippen LogP contribution in [0.1, 0.15) is 20.8 Å². The maximum absolute atomic E-state index is 11.7. The van der Waals surface area contributed by atoms with Gasteiger partial charge in [-0.15, -0.1) is 0 Å². The first-order valence-corrected chi connectivity index (χ1v) is 9.30. The lowest BCUT2D eigenvalue weighted by Gasteiger charge is -2.36. The van der Waals surface area contributed by atoms with E-state index < -0.39 is 20.7 Å². The molecule has 0 bridgehead atoms. The zero-order chi connectivity index (χ0) is 14.5. The van der Waals surface area contributed by atoms with Gasteiger partial charge in [-0.25, -0.2) is 4.18 Å². The maximum Gasteiger partial charge on any atom is 0.409 e. The Morgan fingerprint density at radius 1 is 1.05 bits per heavy atom. The highest BCUT2D eigenvalue weighted by Crippen LogP contribution is 2.57. The standard InChI is InChI=1S/C12H20O5S2/c1-4-16-19(14,15)17-18(5-2,6-3)12-9-7-11(13)8-10-12/h7-10,13H,4-6H2,1-3H3. The molecule has 0 aliphatic heterocycles.